The molecule has 0 saturated carbocycles. The Balaban J connectivity index is 3.31. The molecule has 0 amide bonds. The molecule has 0 saturated heterocycles. The zero-order chi connectivity index (χ0) is 10.7. The van der Waals surface area contributed by atoms with Crippen LogP contribution in [0, 0.1) is 6.92 Å². The van der Waals surface area contributed by atoms with E-state index in [9.17, 15) is 13.6 Å². The number of halogens is 3. The maximum absolute atomic E-state index is 12.3. The number of hydrogen-bond acceptors (Lipinski definition) is 2. The molecule has 1 aromatic heterocycles. The molecular formula is C9H8ClF2NO. The monoisotopic (exact) mass is 219 g/mol. The number of nitrogens with zero attached hydrogens (tertiary/aromatic N) is 1. The Morgan fingerprint density at radius 1 is 1.64 bits per heavy atom. The Morgan fingerprint density at radius 3 is 2.71 bits per heavy atom. The van der Waals surface area contributed by atoms with Crippen LogP contribution in [0.3, 0.4) is 0 Å². The van der Waals surface area contributed by atoms with Crippen LogP contribution >= 0.6 is 11.6 Å². The molecule has 0 aliphatic heterocycles. The summed E-state index contributed by atoms with van der Waals surface area (Å²) in [5.41, 5.74) is 0.673. The Morgan fingerprint density at radius 2 is 2.29 bits per heavy atom. The van der Waals surface area contributed by atoms with Crippen molar-refractivity contribution in [2.24, 2.45) is 0 Å². The molecule has 1 heterocycles. The summed E-state index contributed by atoms with van der Waals surface area (Å²) in [7, 11) is 0. The highest BCUT2D eigenvalue weighted by atomic mass is 35.5. The van der Waals surface area contributed by atoms with E-state index in [1.54, 1.807) is 6.92 Å². The molecule has 0 bridgehead atoms. The lowest BCUT2D eigenvalue weighted by Gasteiger charge is -2.07. The van der Waals surface area contributed by atoms with Crippen molar-refractivity contribution in [3.63, 3.8) is 0 Å². The molecule has 0 N–H and O–H groups in total. The fourth-order valence-corrected chi connectivity index (χ4v) is 1.49. The van der Waals surface area contributed by atoms with Crippen molar-refractivity contribution in [3.8, 4) is 0 Å². The van der Waals surface area contributed by atoms with Crippen molar-refractivity contribution >= 4 is 17.9 Å². The van der Waals surface area contributed by atoms with Crippen LogP contribution in [0.5, 0.6) is 0 Å². The number of hydrogen-bond donors (Lipinski definition) is 0. The topological polar surface area (TPSA) is 30.0 Å². The summed E-state index contributed by atoms with van der Waals surface area (Å²) in [5, 5.41) is 0. The van der Waals surface area contributed by atoms with E-state index in [2.05, 4.69) is 4.98 Å². The van der Waals surface area contributed by atoms with Gasteiger partial charge in [-0.3, -0.25) is 9.78 Å². The van der Waals surface area contributed by atoms with E-state index in [4.69, 9.17) is 11.6 Å². The van der Waals surface area contributed by atoms with Gasteiger partial charge in [-0.1, -0.05) is 0 Å². The van der Waals surface area contributed by atoms with E-state index < -0.39 is 12.1 Å². The lowest BCUT2D eigenvalue weighted by molar-refractivity contribution is 0.112. The first kappa shape index (κ1) is 11.0. The van der Waals surface area contributed by atoms with Crippen molar-refractivity contribution in [1.82, 2.24) is 4.98 Å². The molecule has 0 fully saturated rings. The van der Waals surface area contributed by atoms with Gasteiger partial charge >= 0.3 is 0 Å². The van der Waals surface area contributed by atoms with Gasteiger partial charge in [-0.05, 0) is 18.6 Å². The maximum atomic E-state index is 12.3. The number of aryl methyl sites for hydroxylation is 1. The third-order valence-electron chi connectivity index (χ3n) is 1.87. The van der Waals surface area contributed by atoms with Gasteiger partial charge in [-0.2, -0.15) is 0 Å². The first-order chi connectivity index (χ1) is 6.60. The number of carbonyl (C=O) groups excluding carboxylic acids is 1. The van der Waals surface area contributed by atoms with Gasteiger partial charge in [0.15, 0.2) is 6.29 Å². The molecule has 0 atom stereocenters. The molecule has 0 aromatic carbocycles. The number of alkyl halides is 3. The number of pyridine rings is 1. The number of carbonyl (C=O) groups is 1. The number of aromatic nitrogens is 1. The quantitative estimate of drug-likeness (QED) is 0.578. The van der Waals surface area contributed by atoms with Gasteiger partial charge in [-0.25, -0.2) is 8.78 Å². The second-order valence-electron chi connectivity index (χ2n) is 2.75. The standard InChI is InChI=1S/C9H8ClF2NO/c1-5-7(3-10)6(4-14)2-8(13-5)9(11)12/h2,4,9H,3H2,1H3. The molecule has 2 nitrogen and oxygen atoms in total. The molecule has 0 radical (unpaired) electrons. The molecule has 0 spiro atoms. The molecule has 0 aliphatic rings. The summed E-state index contributed by atoms with van der Waals surface area (Å²) >= 11 is 5.56. The normalized spacial score (nSPS) is 10.6. The fraction of sp³-hybridized carbons (Fsp3) is 0.333. The molecule has 0 aliphatic carbocycles. The molecule has 1 rings (SSSR count). The Kier molecular flexibility index (Phi) is 3.52. The lowest BCUT2D eigenvalue weighted by Crippen LogP contribution is -2.01. The van der Waals surface area contributed by atoms with Gasteiger partial charge in [-0.15, -0.1) is 11.6 Å². The van der Waals surface area contributed by atoms with E-state index in [0.717, 1.165) is 6.07 Å². The average Bonchev–Trinajstić information content (AvgIpc) is 2.16. The van der Waals surface area contributed by atoms with Crippen LogP contribution in [0.25, 0.3) is 0 Å². The van der Waals surface area contributed by atoms with Crippen LogP contribution in [0.15, 0.2) is 6.07 Å². The van der Waals surface area contributed by atoms with Gasteiger partial charge < -0.3 is 0 Å². The number of aldehydes is 1. The van der Waals surface area contributed by atoms with Crippen molar-refractivity contribution in [2.75, 3.05) is 0 Å². The van der Waals surface area contributed by atoms with Crippen molar-refractivity contribution in [1.29, 1.82) is 0 Å². The average molecular weight is 220 g/mol. The van der Waals surface area contributed by atoms with Gasteiger partial charge in [0.25, 0.3) is 6.43 Å². The predicted molar refractivity (Wildman–Crippen MR) is 48.9 cm³/mol. The lowest BCUT2D eigenvalue weighted by atomic mass is 10.1. The van der Waals surface area contributed by atoms with Crippen LogP contribution in [0.1, 0.15) is 33.7 Å². The zero-order valence-corrected chi connectivity index (χ0v) is 8.18. The van der Waals surface area contributed by atoms with E-state index >= 15 is 0 Å². The molecule has 76 valence electrons. The summed E-state index contributed by atoms with van der Waals surface area (Å²) in [6, 6.07) is 1.07. The van der Waals surface area contributed by atoms with Crippen molar-refractivity contribution in [2.45, 2.75) is 19.2 Å². The predicted octanol–water partition coefficient (Wildman–Crippen LogP) is 2.88. The van der Waals surface area contributed by atoms with Gasteiger partial charge in [0.2, 0.25) is 0 Å². The molecular weight excluding hydrogens is 212 g/mol. The first-order valence-electron chi connectivity index (χ1n) is 3.89. The van der Waals surface area contributed by atoms with E-state index in [1.165, 1.54) is 0 Å². The minimum absolute atomic E-state index is 0.0937. The number of rotatable bonds is 3. The van der Waals surface area contributed by atoms with Crippen molar-refractivity contribution in [3.05, 3.63) is 28.6 Å². The van der Waals surface area contributed by atoms with Crippen molar-refractivity contribution < 1.29 is 13.6 Å². The van der Waals surface area contributed by atoms with Crippen LogP contribution in [-0.4, -0.2) is 11.3 Å². The summed E-state index contributed by atoms with van der Waals surface area (Å²) in [5.74, 6) is 0.0937. The second kappa shape index (κ2) is 4.46. The highest BCUT2D eigenvalue weighted by Crippen LogP contribution is 2.21. The molecule has 0 unspecified atom stereocenters. The highest BCUT2D eigenvalue weighted by Gasteiger charge is 2.14. The van der Waals surface area contributed by atoms with E-state index in [1.807, 2.05) is 0 Å². The van der Waals surface area contributed by atoms with Gasteiger partial charge in [0.05, 0.1) is 0 Å². The van der Waals surface area contributed by atoms with E-state index in [0.29, 0.717) is 17.5 Å². The van der Waals surface area contributed by atoms with Gasteiger partial charge in [0, 0.05) is 17.1 Å². The second-order valence-corrected chi connectivity index (χ2v) is 3.02. The Labute approximate surface area is 84.9 Å². The van der Waals surface area contributed by atoms with Crippen LogP contribution in [0.4, 0.5) is 8.78 Å². The first-order valence-corrected chi connectivity index (χ1v) is 4.43. The highest BCUT2D eigenvalue weighted by molar-refractivity contribution is 6.17. The Hall–Kier alpha value is -1.03. The fourth-order valence-electron chi connectivity index (χ4n) is 1.14. The molecule has 5 heteroatoms. The Bertz CT molecular complexity index is 355. The zero-order valence-electron chi connectivity index (χ0n) is 7.43. The largest absolute Gasteiger partial charge is 0.298 e. The van der Waals surface area contributed by atoms with Crippen LogP contribution < -0.4 is 0 Å². The minimum atomic E-state index is -2.67. The van der Waals surface area contributed by atoms with E-state index in [-0.39, 0.29) is 11.4 Å². The molecule has 1 aromatic rings. The maximum Gasteiger partial charge on any atom is 0.280 e. The summed E-state index contributed by atoms with van der Waals surface area (Å²) in [6.45, 7) is 1.55. The SMILES string of the molecule is Cc1nc(C(F)F)cc(C=O)c1CCl. The van der Waals surface area contributed by atoms with Gasteiger partial charge in [0.1, 0.15) is 5.69 Å². The summed E-state index contributed by atoms with van der Waals surface area (Å²) in [6.07, 6.45) is -2.16. The van der Waals surface area contributed by atoms with Crippen LogP contribution in [-0.2, 0) is 5.88 Å². The molecule has 14 heavy (non-hydrogen) atoms. The third kappa shape index (κ3) is 2.07. The third-order valence-corrected chi connectivity index (χ3v) is 2.14. The smallest absolute Gasteiger partial charge is 0.280 e. The summed E-state index contributed by atoms with van der Waals surface area (Å²) in [4.78, 5) is 14.2. The minimum Gasteiger partial charge on any atom is -0.298 e. The van der Waals surface area contributed by atoms with Crippen LogP contribution in [0.2, 0.25) is 0 Å². The summed E-state index contributed by atoms with van der Waals surface area (Å²) < 4.78 is 24.6.